The number of carbonyl (C=O) groups is 2. The number of nitrogens with zero attached hydrogens (tertiary/aromatic N) is 2. The predicted octanol–water partition coefficient (Wildman–Crippen LogP) is 2.84. The monoisotopic (exact) mass is 462 g/mol. The molecule has 8 nitrogen and oxygen atoms in total. The molecule has 2 amide bonds. The second kappa shape index (κ2) is 12.0. The Balaban J connectivity index is 1.19. The minimum atomic E-state index is -0.265. The number of hydrogen-bond donors (Lipinski definition) is 2. The molecule has 178 valence electrons. The highest BCUT2D eigenvalue weighted by molar-refractivity contribution is 6.04. The van der Waals surface area contributed by atoms with Crippen LogP contribution in [-0.4, -0.2) is 67.5 Å². The first-order valence-corrected chi connectivity index (χ1v) is 11.5. The van der Waals surface area contributed by atoms with Crippen LogP contribution in [-0.2, 0) is 11.3 Å². The molecule has 0 bridgehead atoms. The van der Waals surface area contributed by atoms with Gasteiger partial charge >= 0.3 is 0 Å². The summed E-state index contributed by atoms with van der Waals surface area (Å²) in [7, 11) is 0. The van der Waals surface area contributed by atoms with Crippen LogP contribution in [0.25, 0.3) is 0 Å². The van der Waals surface area contributed by atoms with Crippen molar-refractivity contribution >= 4 is 17.5 Å². The first-order valence-electron chi connectivity index (χ1n) is 11.5. The van der Waals surface area contributed by atoms with Crippen LogP contribution in [0, 0.1) is 0 Å². The van der Waals surface area contributed by atoms with Gasteiger partial charge in [0.25, 0.3) is 5.91 Å². The number of benzene rings is 2. The molecule has 1 aliphatic rings. The molecule has 2 aromatic carbocycles. The molecular weight excluding hydrogens is 432 g/mol. The molecule has 4 rings (SSSR count). The number of rotatable bonds is 10. The third-order valence-electron chi connectivity index (χ3n) is 5.70. The van der Waals surface area contributed by atoms with E-state index in [0.717, 1.165) is 38.5 Å². The van der Waals surface area contributed by atoms with Crippen molar-refractivity contribution in [2.75, 3.05) is 51.2 Å². The Morgan fingerprint density at radius 1 is 0.882 bits per heavy atom. The zero-order valence-electron chi connectivity index (χ0n) is 19.1. The second-order valence-electron chi connectivity index (χ2n) is 8.14. The normalized spacial score (nSPS) is 14.5. The standard InChI is InChI=1S/C26H30N4O4/c31-25(20-30-14-12-29(13-15-30)16-18-34-21-7-2-1-3-8-21)28-24-11-5-4-10-23(24)26(32)27-19-22-9-6-17-33-22/h1-11,17H,12-16,18-20H2,(H,27,32)(H,28,31). The molecule has 0 atom stereocenters. The number of para-hydroxylation sites is 2. The Hall–Kier alpha value is -3.62. The van der Waals surface area contributed by atoms with Crippen LogP contribution >= 0.6 is 0 Å². The van der Waals surface area contributed by atoms with E-state index in [4.69, 9.17) is 9.15 Å². The first kappa shape index (κ1) is 23.5. The summed E-state index contributed by atoms with van der Waals surface area (Å²) in [5.41, 5.74) is 0.923. The molecule has 0 saturated carbocycles. The van der Waals surface area contributed by atoms with E-state index in [1.807, 2.05) is 30.3 Å². The molecule has 3 aromatic rings. The smallest absolute Gasteiger partial charge is 0.253 e. The maximum Gasteiger partial charge on any atom is 0.253 e. The van der Waals surface area contributed by atoms with Crippen LogP contribution in [0.3, 0.4) is 0 Å². The van der Waals surface area contributed by atoms with Gasteiger partial charge in [0.2, 0.25) is 5.91 Å². The van der Waals surface area contributed by atoms with Crippen molar-refractivity contribution in [3.8, 4) is 5.75 Å². The van der Waals surface area contributed by atoms with Crippen molar-refractivity contribution in [2.45, 2.75) is 6.54 Å². The average Bonchev–Trinajstić information content (AvgIpc) is 3.38. The molecule has 1 fully saturated rings. The van der Waals surface area contributed by atoms with Crippen LogP contribution in [0.5, 0.6) is 5.75 Å². The van der Waals surface area contributed by atoms with Gasteiger partial charge in [-0.3, -0.25) is 19.4 Å². The van der Waals surface area contributed by atoms with E-state index in [1.165, 1.54) is 0 Å². The van der Waals surface area contributed by atoms with Gasteiger partial charge in [-0.1, -0.05) is 30.3 Å². The molecule has 1 aliphatic heterocycles. The number of anilines is 1. The van der Waals surface area contributed by atoms with Gasteiger partial charge in [-0.2, -0.15) is 0 Å². The molecule has 0 radical (unpaired) electrons. The molecule has 0 unspecified atom stereocenters. The van der Waals surface area contributed by atoms with Crippen LogP contribution in [0.15, 0.2) is 77.4 Å². The Kier molecular flexibility index (Phi) is 8.32. The van der Waals surface area contributed by atoms with Gasteiger partial charge in [0.15, 0.2) is 0 Å². The quantitative estimate of drug-likeness (QED) is 0.482. The summed E-state index contributed by atoms with van der Waals surface area (Å²) in [4.78, 5) is 29.8. The van der Waals surface area contributed by atoms with Crippen molar-refractivity contribution in [1.82, 2.24) is 15.1 Å². The lowest BCUT2D eigenvalue weighted by atomic mass is 10.1. The van der Waals surface area contributed by atoms with Crippen molar-refractivity contribution in [3.63, 3.8) is 0 Å². The van der Waals surface area contributed by atoms with E-state index < -0.39 is 0 Å². The molecule has 2 heterocycles. The highest BCUT2D eigenvalue weighted by Gasteiger charge is 2.20. The maximum atomic E-state index is 12.7. The van der Waals surface area contributed by atoms with Crippen LogP contribution in [0.2, 0.25) is 0 Å². The highest BCUT2D eigenvalue weighted by atomic mass is 16.5. The minimum absolute atomic E-state index is 0.132. The van der Waals surface area contributed by atoms with Crippen LogP contribution < -0.4 is 15.4 Å². The van der Waals surface area contributed by atoms with E-state index in [0.29, 0.717) is 23.6 Å². The lowest BCUT2D eigenvalue weighted by Gasteiger charge is -2.34. The van der Waals surface area contributed by atoms with Gasteiger partial charge in [0, 0.05) is 32.7 Å². The third kappa shape index (κ3) is 6.94. The van der Waals surface area contributed by atoms with Crippen molar-refractivity contribution in [2.24, 2.45) is 0 Å². The molecule has 2 N–H and O–H groups in total. The number of furan rings is 1. The SMILES string of the molecule is O=C(CN1CCN(CCOc2ccccc2)CC1)Nc1ccccc1C(=O)NCc1ccco1. The predicted molar refractivity (Wildman–Crippen MR) is 130 cm³/mol. The van der Waals surface area contributed by atoms with E-state index in [-0.39, 0.29) is 24.9 Å². The highest BCUT2D eigenvalue weighted by Crippen LogP contribution is 2.16. The summed E-state index contributed by atoms with van der Waals surface area (Å²) in [5.74, 6) is 1.15. The Bertz CT molecular complexity index is 1050. The maximum absolute atomic E-state index is 12.7. The summed E-state index contributed by atoms with van der Waals surface area (Å²) < 4.78 is 11.0. The largest absolute Gasteiger partial charge is 0.492 e. The number of ether oxygens (including phenoxy) is 1. The molecule has 8 heteroatoms. The number of piperazine rings is 1. The van der Waals surface area contributed by atoms with Crippen LogP contribution in [0.4, 0.5) is 5.69 Å². The summed E-state index contributed by atoms with van der Waals surface area (Å²) in [5, 5.41) is 5.72. The van der Waals surface area contributed by atoms with Crippen molar-refractivity contribution < 1.29 is 18.7 Å². The number of amides is 2. The first-order chi connectivity index (χ1) is 16.7. The second-order valence-corrected chi connectivity index (χ2v) is 8.14. The Labute approximate surface area is 199 Å². The Morgan fingerprint density at radius 3 is 2.38 bits per heavy atom. The summed E-state index contributed by atoms with van der Waals surface area (Å²) in [6.07, 6.45) is 1.56. The molecule has 1 saturated heterocycles. The lowest BCUT2D eigenvalue weighted by Crippen LogP contribution is -2.49. The summed E-state index contributed by atoms with van der Waals surface area (Å²) in [6.45, 7) is 5.46. The number of nitrogens with one attached hydrogen (secondary N) is 2. The lowest BCUT2D eigenvalue weighted by molar-refractivity contribution is -0.117. The van der Waals surface area contributed by atoms with E-state index in [2.05, 4.69) is 20.4 Å². The third-order valence-corrected chi connectivity index (χ3v) is 5.70. The van der Waals surface area contributed by atoms with Crippen molar-refractivity contribution in [3.05, 3.63) is 84.3 Å². The van der Waals surface area contributed by atoms with Gasteiger partial charge in [0.05, 0.1) is 30.6 Å². The van der Waals surface area contributed by atoms with Crippen LogP contribution in [0.1, 0.15) is 16.1 Å². The van der Waals surface area contributed by atoms with E-state index >= 15 is 0 Å². The van der Waals surface area contributed by atoms with Gasteiger partial charge < -0.3 is 19.8 Å². The van der Waals surface area contributed by atoms with Gasteiger partial charge in [-0.05, 0) is 36.4 Å². The topological polar surface area (TPSA) is 87.0 Å². The molecule has 0 aliphatic carbocycles. The fourth-order valence-corrected chi connectivity index (χ4v) is 3.84. The molecule has 34 heavy (non-hydrogen) atoms. The summed E-state index contributed by atoms with van der Waals surface area (Å²) in [6, 6.07) is 20.4. The zero-order valence-corrected chi connectivity index (χ0v) is 19.1. The fraction of sp³-hybridized carbons (Fsp3) is 0.308. The van der Waals surface area contributed by atoms with E-state index in [1.54, 1.807) is 42.7 Å². The molecular formula is C26H30N4O4. The fourth-order valence-electron chi connectivity index (χ4n) is 3.84. The van der Waals surface area contributed by atoms with Gasteiger partial charge in [-0.25, -0.2) is 0 Å². The Morgan fingerprint density at radius 2 is 1.62 bits per heavy atom. The van der Waals surface area contributed by atoms with Gasteiger partial charge in [0.1, 0.15) is 18.1 Å². The number of carbonyl (C=O) groups excluding carboxylic acids is 2. The summed E-state index contributed by atoms with van der Waals surface area (Å²) >= 11 is 0. The van der Waals surface area contributed by atoms with Gasteiger partial charge in [-0.15, -0.1) is 0 Å². The molecule has 1 aromatic heterocycles. The average molecular weight is 463 g/mol. The molecule has 0 spiro atoms. The zero-order chi connectivity index (χ0) is 23.6. The van der Waals surface area contributed by atoms with Crippen molar-refractivity contribution in [1.29, 1.82) is 0 Å². The minimum Gasteiger partial charge on any atom is -0.492 e. The van der Waals surface area contributed by atoms with E-state index in [9.17, 15) is 9.59 Å². The number of hydrogen-bond acceptors (Lipinski definition) is 6.